The molecule has 2 atom stereocenters. The lowest BCUT2D eigenvalue weighted by atomic mass is 9.74. The molecule has 0 heterocycles. The van der Waals surface area contributed by atoms with Crippen LogP contribution in [0.5, 0.6) is 0 Å². The highest BCUT2D eigenvalue weighted by Gasteiger charge is 2.47. The highest BCUT2D eigenvalue weighted by Crippen LogP contribution is 2.58. The molecule has 0 spiro atoms. The van der Waals surface area contributed by atoms with Crippen LogP contribution in [0.15, 0.2) is 158 Å². The molecule has 52 heavy (non-hydrogen) atoms. The van der Waals surface area contributed by atoms with E-state index in [1.807, 2.05) is 0 Å². The molecule has 0 heteroatoms. The summed E-state index contributed by atoms with van der Waals surface area (Å²) in [7, 11) is 0. The Bertz CT molecular complexity index is 2850. The Labute approximate surface area is 305 Å². The summed E-state index contributed by atoms with van der Waals surface area (Å²) in [6.45, 7) is 9.75. The van der Waals surface area contributed by atoms with Crippen molar-refractivity contribution in [2.24, 2.45) is 5.92 Å². The fourth-order valence-electron chi connectivity index (χ4n) is 10.5. The van der Waals surface area contributed by atoms with Crippen LogP contribution in [0.1, 0.15) is 55.9 Å². The van der Waals surface area contributed by atoms with Crippen LogP contribution < -0.4 is 0 Å². The molecule has 0 aromatic heterocycles. The van der Waals surface area contributed by atoms with E-state index in [9.17, 15) is 0 Å². The van der Waals surface area contributed by atoms with Crippen LogP contribution in [-0.2, 0) is 10.8 Å². The van der Waals surface area contributed by atoms with Gasteiger partial charge in [-0.3, -0.25) is 0 Å². The van der Waals surface area contributed by atoms with E-state index < -0.39 is 0 Å². The third-order valence-electron chi connectivity index (χ3n) is 13.1. The predicted octanol–water partition coefficient (Wildman–Crippen LogP) is 14.1. The van der Waals surface area contributed by atoms with Crippen molar-refractivity contribution in [1.29, 1.82) is 0 Å². The quantitative estimate of drug-likeness (QED) is 0.127. The van der Waals surface area contributed by atoms with Gasteiger partial charge >= 0.3 is 0 Å². The first-order valence-electron chi connectivity index (χ1n) is 18.9. The molecule has 248 valence electrons. The van der Waals surface area contributed by atoms with Gasteiger partial charge < -0.3 is 0 Å². The number of hydrogen-bond acceptors (Lipinski definition) is 0. The standard InChI is InChI=1S/C52H40/c1-51(2)45-20-12-11-15-37(45)43-29-48-44(30-47(43)51)38-26-24-34(28-46(38)52(48,3)4)50-41-18-9-7-16-39(41)49(40-17-8-10-19-42(40)50)33-23-25-36-32(27-33)22-21-31-13-5-6-14-35(31)36/h5-30,37,45H,1-4H3. The summed E-state index contributed by atoms with van der Waals surface area (Å²) in [5, 5.41) is 10.3. The van der Waals surface area contributed by atoms with Gasteiger partial charge in [0.25, 0.3) is 0 Å². The fourth-order valence-corrected chi connectivity index (χ4v) is 10.5. The van der Waals surface area contributed by atoms with Crippen molar-refractivity contribution in [3.05, 3.63) is 180 Å². The van der Waals surface area contributed by atoms with Crippen molar-refractivity contribution in [1.82, 2.24) is 0 Å². The lowest BCUT2D eigenvalue weighted by Crippen LogP contribution is -2.24. The van der Waals surface area contributed by atoms with Crippen LogP contribution in [0.3, 0.4) is 0 Å². The SMILES string of the molecule is CC1(C)c2cc(-c3c4ccccc4c(-c4ccc5c(ccc6ccccc65)c4)c4ccccc34)ccc2-c2cc3c(cc21)C1C=CC=CC1C3(C)C. The van der Waals surface area contributed by atoms with E-state index in [1.54, 1.807) is 0 Å². The molecule has 0 fully saturated rings. The molecule has 0 saturated heterocycles. The molecule has 0 radical (unpaired) electrons. The molecule has 11 rings (SSSR count). The molecule has 8 aromatic rings. The van der Waals surface area contributed by atoms with Gasteiger partial charge in [0.15, 0.2) is 0 Å². The predicted molar refractivity (Wildman–Crippen MR) is 222 cm³/mol. The Hall–Kier alpha value is -5.72. The molecule has 0 amide bonds. The Balaban J connectivity index is 1.11. The molecule has 3 aliphatic rings. The summed E-state index contributed by atoms with van der Waals surface area (Å²) < 4.78 is 0. The third-order valence-corrected chi connectivity index (χ3v) is 13.1. The van der Waals surface area contributed by atoms with Crippen molar-refractivity contribution >= 4 is 43.1 Å². The maximum atomic E-state index is 2.58. The fraction of sp³-hybridized carbons (Fsp3) is 0.154. The van der Waals surface area contributed by atoms with E-state index in [1.165, 1.54) is 98.7 Å². The minimum absolute atomic E-state index is 0.0987. The maximum absolute atomic E-state index is 2.58. The van der Waals surface area contributed by atoms with Crippen molar-refractivity contribution in [3.8, 4) is 33.4 Å². The molecular weight excluding hydrogens is 625 g/mol. The number of rotatable bonds is 2. The molecule has 0 saturated carbocycles. The zero-order valence-corrected chi connectivity index (χ0v) is 30.2. The summed E-state index contributed by atoms with van der Waals surface area (Å²) in [6, 6.07) is 50.9. The summed E-state index contributed by atoms with van der Waals surface area (Å²) in [5.41, 5.74) is 13.9. The van der Waals surface area contributed by atoms with Crippen molar-refractivity contribution < 1.29 is 0 Å². The van der Waals surface area contributed by atoms with Gasteiger partial charge in [-0.15, -0.1) is 0 Å². The van der Waals surface area contributed by atoms with Crippen molar-refractivity contribution in [2.45, 2.75) is 44.4 Å². The smallest absolute Gasteiger partial charge is 0.0159 e. The van der Waals surface area contributed by atoms with Crippen LogP contribution >= 0.6 is 0 Å². The van der Waals surface area contributed by atoms with Gasteiger partial charge in [-0.2, -0.15) is 0 Å². The zero-order valence-electron chi connectivity index (χ0n) is 30.2. The Morgan fingerprint density at radius 3 is 1.69 bits per heavy atom. The average molecular weight is 665 g/mol. The van der Waals surface area contributed by atoms with E-state index in [0.29, 0.717) is 11.8 Å². The van der Waals surface area contributed by atoms with E-state index in [-0.39, 0.29) is 10.8 Å². The molecule has 0 nitrogen and oxygen atoms in total. The molecular formula is C52H40. The first kappa shape index (κ1) is 30.0. The van der Waals surface area contributed by atoms with Crippen LogP contribution in [-0.4, -0.2) is 0 Å². The number of allylic oxidation sites excluding steroid dienone is 4. The summed E-state index contributed by atoms with van der Waals surface area (Å²) >= 11 is 0. The van der Waals surface area contributed by atoms with Crippen LogP contribution in [0, 0.1) is 5.92 Å². The van der Waals surface area contributed by atoms with Crippen molar-refractivity contribution in [3.63, 3.8) is 0 Å². The van der Waals surface area contributed by atoms with Crippen LogP contribution in [0.4, 0.5) is 0 Å². The average Bonchev–Trinajstić information content (AvgIpc) is 3.54. The lowest BCUT2D eigenvalue weighted by Gasteiger charge is -2.29. The largest absolute Gasteiger partial charge is 0.0796 e. The van der Waals surface area contributed by atoms with E-state index in [4.69, 9.17) is 0 Å². The lowest BCUT2D eigenvalue weighted by molar-refractivity contribution is 0.394. The van der Waals surface area contributed by atoms with Gasteiger partial charge in [0.1, 0.15) is 0 Å². The Morgan fingerprint density at radius 1 is 0.423 bits per heavy atom. The van der Waals surface area contributed by atoms with Crippen molar-refractivity contribution in [2.75, 3.05) is 0 Å². The second-order valence-electron chi connectivity index (χ2n) is 16.5. The molecule has 0 aliphatic heterocycles. The molecule has 0 N–H and O–H groups in total. The minimum Gasteiger partial charge on any atom is -0.0796 e. The van der Waals surface area contributed by atoms with Gasteiger partial charge in [0, 0.05) is 11.3 Å². The molecule has 2 unspecified atom stereocenters. The molecule has 8 aromatic carbocycles. The van der Waals surface area contributed by atoms with Gasteiger partial charge in [-0.05, 0) is 128 Å². The zero-order chi connectivity index (χ0) is 34.9. The van der Waals surface area contributed by atoms with E-state index in [0.717, 1.165) is 0 Å². The van der Waals surface area contributed by atoms with E-state index >= 15 is 0 Å². The Morgan fingerprint density at radius 2 is 0.981 bits per heavy atom. The molecule has 0 bridgehead atoms. The summed E-state index contributed by atoms with van der Waals surface area (Å²) in [4.78, 5) is 0. The summed E-state index contributed by atoms with van der Waals surface area (Å²) in [5.74, 6) is 0.965. The highest BCUT2D eigenvalue weighted by atomic mass is 14.5. The highest BCUT2D eigenvalue weighted by molar-refractivity contribution is 6.22. The number of benzene rings is 8. The first-order valence-corrected chi connectivity index (χ1v) is 18.9. The van der Waals surface area contributed by atoms with E-state index in [2.05, 4.69) is 185 Å². The monoisotopic (exact) mass is 664 g/mol. The van der Waals surface area contributed by atoms with Gasteiger partial charge in [-0.25, -0.2) is 0 Å². The topological polar surface area (TPSA) is 0 Å². The van der Waals surface area contributed by atoms with Crippen LogP contribution in [0.2, 0.25) is 0 Å². The van der Waals surface area contributed by atoms with Gasteiger partial charge in [0.2, 0.25) is 0 Å². The number of hydrogen-bond donors (Lipinski definition) is 0. The second kappa shape index (κ2) is 10.4. The third kappa shape index (κ3) is 3.93. The van der Waals surface area contributed by atoms with Crippen LogP contribution in [0.25, 0.3) is 76.5 Å². The second-order valence-corrected chi connectivity index (χ2v) is 16.5. The first-order chi connectivity index (χ1) is 25.3. The minimum atomic E-state index is -0.104. The molecule has 3 aliphatic carbocycles. The van der Waals surface area contributed by atoms with Gasteiger partial charge in [-0.1, -0.05) is 167 Å². The number of fused-ring (bicyclic) bond motifs is 11. The Kier molecular flexibility index (Phi) is 6.01. The summed E-state index contributed by atoms with van der Waals surface area (Å²) in [6.07, 6.45) is 9.35. The normalized spacial score (nSPS) is 18.9. The maximum Gasteiger partial charge on any atom is 0.0159 e. The van der Waals surface area contributed by atoms with Gasteiger partial charge in [0.05, 0.1) is 0 Å².